The fourth-order valence-corrected chi connectivity index (χ4v) is 3.15. The number of rotatable bonds is 4. The molecule has 2 amide bonds. The number of ether oxygens (including phenoxy) is 1. The van der Waals surface area contributed by atoms with Crippen LogP contribution in [0.4, 0.5) is 4.79 Å². The Bertz CT molecular complexity index is 717. The summed E-state index contributed by atoms with van der Waals surface area (Å²) in [5.74, 6) is 0.0225. The van der Waals surface area contributed by atoms with Gasteiger partial charge in [-0.25, -0.2) is 4.79 Å². The van der Waals surface area contributed by atoms with Crippen LogP contribution in [0.2, 0.25) is 0 Å². The Balaban J connectivity index is 1.50. The molecule has 6 nitrogen and oxygen atoms in total. The topological polar surface area (TPSA) is 74.4 Å². The molecule has 0 saturated carbocycles. The van der Waals surface area contributed by atoms with Crippen LogP contribution in [0.5, 0.6) is 0 Å². The van der Waals surface area contributed by atoms with Crippen LogP contribution >= 0.6 is 0 Å². The number of H-pyrrole nitrogens is 1. The van der Waals surface area contributed by atoms with Gasteiger partial charge in [0.05, 0.1) is 13.0 Å². The Labute approximate surface area is 141 Å². The van der Waals surface area contributed by atoms with Gasteiger partial charge in [-0.2, -0.15) is 0 Å². The number of aromatic nitrogens is 1. The number of hydrogen-bond donors (Lipinski definition) is 2. The molecule has 0 aliphatic carbocycles. The van der Waals surface area contributed by atoms with Gasteiger partial charge in [0, 0.05) is 36.2 Å². The van der Waals surface area contributed by atoms with E-state index in [1.54, 1.807) is 11.8 Å². The van der Waals surface area contributed by atoms with Crippen molar-refractivity contribution in [3.63, 3.8) is 0 Å². The lowest BCUT2D eigenvalue weighted by Gasteiger charge is -2.31. The molecule has 24 heavy (non-hydrogen) atoms. The van der Waals surface area contributed by atoms with E-state index >= 15 is 0 Å². The number of benzene rings is 1. The lowest BCUT2D eigenvalue weighted by atomic mass is 10.0. The largest absolute Gasteiger partial charge is 0.450 e. The zero-order valence-corrected chi connectivity index (χ0v) is 13.9. The number of nitrogens with zero attached hydrogens (tertiary/aromatic N) is 1. The summed E-state index contributed by atoms with van der Waals surface area (Å²) in [5, 5.41) is 4.17. The van der Waals surface area contributed by atoms with Crippen LogP contribution in [-0.2, 0) is 16.0 Å². The number of amides is 2. The van der Waals surface area contributed by atoms with E-state index in [-0.39, 0.29) is 18.0 Å². The van der Waals surface area contributed by atoms with E-state index < -0.39 is 0 Å². The molecule has 2 aromatic rings. The van der Waals surface area contributed by atoms with E-state index in [0.29, 0.717) is 26.1 Å². The van der Waals surface area contributed by atoms with Crippen LogP contribution in [0.3, 0.4) is 0 Å². The van der Waals surface area contributed by atoms with E-state index in [9.17, 15) is 9.59 Å². The standard InChI is InChI=1S/C18H23N3O3/c1-2-24-18(23)21-9-7-14(8-10-21)20-17(22)11-13-12-19-16-6-4-3-5-15(13)16/h3-6,12,14,19H,2,7-11H2,1H3,(H,20,22). The van der Waals surface area contributed by atoms with E-state index in [1.807, 2.05) is 30.5 Å². The highest BCUT2D eigenvalue weighted by molar-refractivity contribution is 5.88. The molecule has 6 heteroatoms. The van der Waals surface area contributed by atoms with Crippen molar-refractivity contribution in [2.24, 2.45) is 0 Å². The third kappa shape index (κ3) is 3.69. The van der Waals surface area contributed by atoms with Crippen molar-refractivity contribution >= 4 is 22.9 Å². The molecule has 0 atom stereocenters. The third-order valence-corrected chi connectivity index (χ3v) is 4.41. The molecule has 128 valence electrons. The summed E-state index contributed by atoms with van der Waals surface area (Å²) in [7, 11) is 0. The number of aromatic amines is 1. The number of carbonyl (C=O) groups excluding carboxylic acids is 2. The van der Waals surface area contributed by atoms with Crippen LogP contribution in [0.1, 0.15) is 25.3 Å². The van der Waals surface area contributed by atoms with Crippen molar-refractivity contribution in [1.82, 2.24) is 15.2 Å². The number of fused-ring (bicyclic) bond motifs is 1. The quantitative estimate of drug-likeness (QED) is 0.905. The van der Waals surface area contributed by atoms with Crippen molar-refractivity contribution < 1.29 is 14.3 Å². The smallest absolute Gasteiger partial charge is 0.409 e. The molecule has 0 radical (unpaired) electrons. The zero-order chi connectivity index (χ0) is 16.9. The average Bonchev–Trinajstić information content (AvgIpc) is 2.99. The summed E-state index contributed by atoms with van der Waals surface area (Å²) >= 11 is 0. The molecule has 1 fully saturated rings. The minimum Gasteiger partial charge on any atom is -0.450 e. The van der Waals surface area contributed by atoms with E-state index in [4.69, 9.17) is 4.74 Å². The first-order valence-corrected chi connectivity index (χ1v) is 8.43. The number of piperidine rings is 1. The van der Waals surface area contributed by atoms with Crippen molar-refractivity contribution in [2.75, 3.05) is 19.7 Å². The maximum atomic E-state index is 12.3. The summed E-state index contributed by atoms with van der Waals surface area (Å²) < 4.78 is 5.00. The minimum absolute atomic E-state index is 0.0225. The Hall–Kier alpha value is -2.50. The summed E-state index contributed by atoms with van der Waals surface area (Å²) in [6.45, 7) is 3.43. The molecule has 1 aromatic carbocycles. The second-order valence-corrected chi connectivity index (χ2v) is 6.06. The van der Waals surface area contributed by atoms with Crippen LogP contribution in [-0.4, -0.2) is 47.6 Å². The molecule has 1 aliphatic rings. The number of likely N-dealkylation sites (tertiary alicyclic amines) is 1. The predicted molar refractivity (Wildman–Crippen MR) is 91.8 cm³/mol. The first-order valence-electron chi connectivity index (χ1n) is 8.43. The highest BCUT2D eigenvalue weighted by atomic mass is 16.6. The third-order valence-electron chi connectivity index (χ3n) is 4.41. The molecular formula is C18H23N3O3. The molecule has 2 heterocycles. The predicted octanol–water partition coefficient (Wildman–Crippen LogP) is 2.45. The number of hydrogen-bond acceptors (Lipinski definition) is 3. The second kappa shape index (κ2) is 7.38. The summed E-state index contributed by atoms with van der Waals surface area (Å²) in [6.07, 6.45) is 3.52. The lowest BCUT2D eigenvalue weighted by molar-refractivity contribution is -0.121. The molecule has 1 aromatic heterocycles. The van der Waals surface area contributed by atoms with Gasteiger partial charge in [0.15, 0.2) is 0 Å². The summed E-state index contributed by atoms with van der Waals surface area (Å²) in [6, 6.07) is 8.09. The van der Waals surface area contributed by atoms with E-state index in [0.717, 1.165) is 29.3 Å². The van der Waals surface area contributed by atoms with Gasteiger partial charge < -0.3 is 19.9 Å². The van der Waals surface area contributed by atoms with E-state index in [1.165, 1.54) is 0 Å². The Morgan fingerprint density at radius 2 is 2.04 bits per heavy atom. The van der Waals surface area contributed by atoms with Crippen molar-refractivity contribution in [2.45, 2.75) is 32.2 Å². The van der Waals surface area contributed by atoms with Gasteiger partial charge in [-0.3, -0.25) is 4.79 Å². The first kappa shape index (κ1) is 16.4. The first-order chi connectivity index (χ1) is 11.7. The van der Waals surface area contributed by atoms with Gasteiger partial charge in [0.25, 0.3) is 0 Å². The lowest BCUT2D eigenvalue weighted by Crippen LogP contribution is -2.47. The van der Waals surface area contributed by atoms with Crippen molar-refractivity contribution in [1.29, 1.82) is 0 Å². The Morgan fingerprint density at radius 1 is 1.29 bits per heavy atom. The number of nitrogens with one attached hydrogen (secondary N) is 2. The normalized spacial score (nSPS) is 15.5. The maximum absolute atomic E-state index is 12.3. The fourth-order valence-electron chi connectivity index (χ4n) is 3.15. The van der Waals surface area contributed by atoms with Crippen LogP contribution in [0, 0.1) is 0 Å². The molecular weight excluding hydrogens is 306 g/mol. The Kier molecular flexibility index (Phi) is 5.03. The molecule has 2 N–H and O–H groups in total. The van der Waals surface area contributed by atoms with Gasteiger partial charge in [-0.15, -0.1) is 0 Å². The maximum Gasteiger partial charge on any atom is 0.409 e. The molecule has 1 aliphatic heterocycles. The second-order valence-electron chi connectivity index (χ2n) is 6.06. The molecule has 3 rings (SSSR count). The molecule has 0 spiro atoms. The van der Waals surface area contributed by atoms with E-state index in [2.05, 4.69) is 10.3 Å². The van der Waals surface area contributed by atoms with Gasteiger partial charge >= 0.3 is 6.09 Å². The highest BCUT2D eigenvalue weighted by Crippen LogP contribution is 2.18. The van der Waals surface area contributed by atoms with Crippen LogP contribution in [0.15, 0.2) is 30.5 Å². The Morgan fingerprint density at radius 3 is 2.79 bits per heavy atom. The van der Waals surface area contributed by atoms with Crippen LogP contribution < -0.4 is 5.32 Å². The van der Waals surface area contributed by atoms with Gasteiger partial charge in [0.1, 0.15) is 0 Å². The van der Waals surface area contributed by atoms with Crippen LogP contribution in [0.25, 0.3) is 10.9 Å². The van der Waals surface area contributed by atoms with Crippen molar-refractivity contribution in [3.05, 3.63) is 36.0 Å². The number of para-hydroxylation sites is 1. The van der Waals surface area contributed by atoms with Gasteiger partial charge in [-0.05, 0) is 31.4 Å². The summed E-state index contributed by atoms with van der Waals surface area (Å²) in [5.41, 5.74) is 2.05. The number of carbonyl (C=O) groups is 2. The molecule has 0 unspecified atom stereocenters. The average molecular weight is 329 g/mol. The minimum atomic E-state index is -0.263. The summed E-state index contributed by atoms with van der Waals surface area (Å²) in [4.78, 5) is 28.9. The highest BCUT2D eigenvalue weighted by Gasteiger charge is 2.24. The zero-order valence-electron chi connectivity index (χ0n) is 13.9. The monoisotopic (exact) mass is 329 g/mol. The molecule has 0 bridgehead atoms. The van der Waals surface area contributed by atoms with Crippen molar-refractivity contribution in [3.8, 4) is 0 Å². The van der Waals surface area contributed by atoms with Gasteiger partial charge in [-0.1, -0.05) is 18.2 Å². The molecule has 1 saturated heterocycles. The SMILES string of the molecule is CCOC(=O)N1CCC(NC(=O)Cc2c[nH]c3ccccc23)CC1. The fraction of sp³-hybridized carbons (Fsp3) is 0.444. The van der Waals surface area contributed by atoms with Gasteiger partial charge in [0.2, 0.25) is 5.91 Å².